The molecule has 0 fully saturated rings. The SMILES string of the molecule is CC(C)(C)NS(=O)(=O)c1[nH]ncc1F. The number of aromatic nitrogens is 2. The van der Waals surface area contributed by atoms with Crippen molar-refractivity contribution in [2.24, 2.45) is 0 Å². The average molecular weight is 221 g/mol. The van der Waals surface area contributed by atoms with Gasteiger partial charge in [-0.25, -0.2) is 17.5 Å². The molecule has 0 bridgehead atoms. The molecule has 1 rings (SSSR count). The lowest BCUT2D eigenvalue weighted by atomic mass is 10.1. The minimum Gasteiger partial charge on any atom is -0.264 e. The van der Waals surface area contributed by atoms with E-state index >= 15 is 0 Å². The maximum atomic E-state index is 12.9. The van der Waals surface area contributed by atoms with Crippen LogP contribution >= 0.6 is 0 Å². The number of sulfonamides is 1. The van der Waals surface area contributed by atoms with Crippen LogP contribution in [0.4, 0.5) is 4.39 Å². The molecule has 0 spiro atoms. The Labute approximate surface area is 81.8 Å². The quantitative estimate of drug-likeness (QED) is 0.769. The number of hydrogen-bond acceptors (Lipinski definition) is 3. The molecule has 14 heavy (non-hydrogen) atoms. The van der Waals surface area contributed by atoms with Crippen LogP contribution in [0.15, 0.2) is 11.2 Å². The van der Waals surface area contributed by atoms with Crippen LogP contribution in [0.25, 0.3) is 0 Å². The molecule has 1 aromatic rings. The van der Waals surface area contributed by atoms with Gasteiger partial charge in [0.1, 0.15) is 0 Å². The Kier molecular flexibility index (Phi) is 2.64. The summed E-state index contributed by atoms with van der Waals surface area (Å²) >= 11 is 0. The molecule has 0 unspecified atom stereocenters. The summed E-state index contributed by atoms with van der Waals surface area (Å²) in [7, 11) is -3.85. The van der Waals surface area contributed by atoms with Gasteiger partial charge in [0.25, 0.3) is 10.0 Å². The minimum absolute atomic E-state index is 0.535. The van der Waals surface area contributed by atoms with Crippen LogP contribution < -0.4 is 4.72 Å². The maximum absolute atomic E-state index is 12.9. The van der Waals surface area contributed by atoms with E-state index in [0.29, 0.717) is 0 Å². The third-order valence-corrected chi connectivity index (χ3v) is 2.98. The molecule has 0 saturated carbocycles. The van der Waals surface area contributed by atoms with E-state index in [1.54, 1.807) is 20.8 Å². The van der Waals surface area contributed by atoms with Gasteiger partial charge in [-0.1, -0.05) is 0 Å². The Morgan fingerprint density at radius 2 is 2.07 bits per heavy atom. The van der Waals surface area contributed by atoms with Crippen molar-refractivity contribution >= 4 is 10.0 Å². The lowest BCUT2D eigenvalue weighted by Gasteiger charge is -2.19. The van der Waals surface area contributed by atoms with E-state index in [2.05, 4.69) is 14.9 Å². The molecule has 5 nitrogen and oxygen atoms in total. The summed E-state index contributed by atoms with van der Waals surface area (Å²) in [5.74, 6) is -0.887. The van der Waals surface area contributed by atoms with E-state index in [1.807, 2.05) is 0 Å². The van der Waals surface area contributed by atoms with Gasteiger partial charge in [0.2, 0.25) is 5.03 Å². The Hall–Kier alpha value is -0.950. The molecule has 0 aliphatic carbocycles. The smallest absolute Gasteiger partial charge is 0.260 e. The molecule has 7 heteroatoms. The fourth-order valence-electron chi connectivity index (χ4n) is 0.902. The maximum Gasteiger partial charge on any atom is 0.260 e. The second-order valence-corrected chi connectivity index (χ2v) is 5.52. The summed E-state index contributed by atoms with van der Waals surface area (Å²) in [5, 5.41) is 4.86. The van der Waals surface area contributed by atoms with Crippen LogP contribution in [0, 0.1) is 5.82 Å². The van der Waals surface area contributed by atoms with Gasteiger partial charge >= 0.3 is 0 Å². The summed E-state index contributed by atoms with van der Waals surface area (Å²) in [6.07, 6.45) is 0.817. The molecular weight excluding hydrogens is 209 g/mol. The molecule has 0 atom stereocenters. The second-order valence-electron chi connectivity index (χ2n) is 3.90. The third-order valence-electron chi connectivity index (χ3n) is 1.27. The lowest BCUT2D eigenvalue weighted by molar-refractivity contribution is 0.483. The van der Waals surface area contributed by atoms with E-state index in [1.165, 1.54) is 0 Å². The average Bonchev–Trinajstić information content (AvgIpc) is 2.29. The van der Waals surface area contributed by atoms with Crippen molar-refractivity contribution in [3.8, 4) is 0 Å². The van der Waals surface area contributed by atoms with Crippen molar-refractivity contribution in [3.63, 3.8) is 0 Å². The highest BCUT2D eigenvalue weighted by Crippen LogP contribution is 2.12. The van der Waals surface area contributed by atoms with Crippen molar-refractivity contribution in [3.05, 3.63) is 12.0 Å². The van der Waals surface area contributed by atoms with Crippen molar-refractivity contribution < 1.29 is 12.8 Å². The summed E-state index contributed by atoms with van der Waals surface area (Å²) < 4.78 is 38.2. The number of halogens is 1. The summed E-state index contributed by atoms with van der Waals surface area (Å²) in [4.78, 5) is 0. The zero-order valence-corrected chi connectivity index (χ0v) is 8.94. The minimum atomic E-state index is -3.85. The van der Waals surface area contributed by atoms with E-state index in [9.17, 15) is 12.8 Å². The Bertz CT molecular complexity index is 418. The number of nitrogens with zero attached hydrogens (tertiary/aromatic N) is 1. The van der Waals surface area contributed by atoms with Gasteiger partial charge in [-0.3, -0.25) is 5.10 Å². The fourth-order valence-corrected chi connectivity index (χ4v) is 2.29. The molecule has 0 radical (unpaired) electrons. The van der Waals surface area contributed by atoms with Gasteiger partial charge in [-0.05, 0) is 20.8 Å². The van der Waals surface area contributed by atoms with Crippen LogP contribution in [0.2, 0.25) is 0 Å². The predicted octanol–water partition coefficient (Wildman–Crippen LogP) is 0.626. The van der Waals surface area contributed by atoms with E-state index in [-0.39, 0.29) is 0 Å². The molecule has 0 saturated heterocycles. The van der Waals surface area contributed by atoms with E-state index < -0.39 is 26.4 Å². The molecule has 0 aliphatic heterocycles. The highest BCUT2D eigenvalue weighted by atomic mass is 32.2. The Balaban J connectivity index is 3.05. The molecular formula is C7H12FN3O2S. The highest BCUT2D eigenvalue weighted by molar-refractivity contribution is 7.89. The van der Waals surface area contributed by atoms with Crippen LogP contribution in [0.3, 0.4) is 0 Å². The highest BCUT2D eigenvalue weighted by Gasteiger charge is 2.26. The van der Waals surface area contributed by atoms with Gasteiger partial charge in [0.05, 0.1) is 6.20 Å². The number of aromatic amines is 1. The molecule has 0 aromatic carbocycles. The van der Waals surface area contributed by atoms with Crippen LogP contribution in [-0.4, -0.2) is 24.2 Å². The van der Waals surface area contributed by atoms with Gasteiger partial charge in [0.15, 0.2) is 5.82 Å². The largest absolute Gasteiger partial charge is 0.264 e. The standard InChI is InChI=1S/C7H12FN3O2S/c1-7(2,3)11-14(12,13)6-5(8)4-9-10-6/h4,11H,1-3H3,(H,9,10). The lowest BCUT2D eigenvalue weighted by Crippen LogP contribution is -2.40. The van der Waals surface area contributed by atoms with Gasteiger partial charge in [0, 0.05) is 5.54 Å². The van der Waals surface area contributed by atoms with Crippen LogP contribution in [-0.2, 0) is 10.0 Å². The fraction of sp³-hybridized carbons (Fsp3) is 0.571. The van der Waals surface area contributed by atoms with Crippen molar-refractivity contribution in [1.29, 1.82) is 0 Å². The van der Waals surface area contributed by atoms with Crippen molar-refractivity contribution in [2.45, 2.75) is 31.3 Å². The third kappa shape index (κ3) is 2.52. The topological polar surface area (TPSA) is 74.8 Å². The predicted molar refractivity (Wildman–Crippen MR) is 48.6 cm³/mol. The first-order valence-electron chi connectivity index (χ1n) is 3.95. The molecule has 2 N–H and O–H groups in total. The summed E-state index contributed by atoms with van der Waals surface area (Å²) in [6.45, 7) is 5.00. The van der Waals surface area contributed by atoms with Crippen LogP contribution in [0.1, 0.15) is 20.8 Å². The zero-order chi connectivity index (χ0) is 11.0. The first kappa shape index (κ1) is 11.1. The van der Waals surface area contributed by atoms with Gasteiger partial charge < -0.3 is 0 Å². The first-order chi connectivity index (χ1) is 6.22. The molecule has 1 aromatic heterocycles. The molecule has 0 amide bonds. The van der Waals surface area contributed by atoms with Crippen molar-refractivity contribution in [1.82, 2.24) is 14.9 Å². The monoisotopic (exact) mass is 221 g/mol. The second kappa shape index (κ2) is 3.32. The van der Waals surface area contributed by atoms with Gasteiger partial charge in [-0.2, -0.15) is 5.10 Å². The molecule has 80 valence electrons. The number of rotatable bonds is 2. The normalized spacial score (nSPS) is 13.1. The molecule has 1 heterocycles. The van der Waals surface area contributed by atoms with E-state index in [0.717, 1.165) is 6.20 Å². The summed E-state index contributed by atoms with van der Waals surface area (Å²) in [6, 6.07) is 0. The zero-order valence-electron chi connectivity index (χ0n) is 8.13. The molecule has 0 aliphatic rings. The number of H-pyrrole nitrogens is 1. The Morgan fingerprint density at radius 1 is 1.50 bits per heavy atom. The van der Waals surface area contributed by atoms with Crippen LogP contribution in [0.5, 0.6) is 0 Å². The number of hydrogen-bond donors (Lipinski definition) is 2. The first-order valence-corrected chi connectivity index (χ1v) is 5.43. The number of nitrogens with one attached hydrogen (secondary N) is 2. The van der Waals surface area contributed by atoms with Crippen molar-refractivity contribution in [2.75, 3.05) is 0 Å². The summed E-state index contributed by atoms with van der Waals surface area (Å²) in [5.41, 5.74) is -0.656. The van der Waals surface area contributed by atoms with E-state index in [4.69, 9.17) is 0 Å². The Morgan fingerprint density at radius 3 is 2.43 bits per heavy atom. The van der Waals surface area contributed by atoms with Gasteiger partial charge in [-0.15, -0.1) is 0 Å².